The van der Waals surface area contributed by atoms with Crippen molar-refractivity contribution < 1.29 is 9.59 Å². The second kappa shape index (κ2) is 6.06. The van der Waals surface area contributed by atoms with Crippen LogP contribution in [-0.4, -0.2) is 23.9 Å². The maximum Gasteiger partial charge on any atom is 0.252 e. The van der Waals surface area contributed by atoms with Crippen molar-refractivity contribution in [2.75, 3.05) is 11.4 Å². The zero-order valence-corrected chi connectivity index (χ0v) is 13.5. The third-order valence-corrected chi connectivity index (χ3v) is 4.51. The Morgan fingerprint density at radius 1 is 1.29 bits per heavy atom. The Balaban J connectivity index is 2.49. The summed E-state index contributed by atoms with van der Waals surface area (Å²) in [6, 6.07) is 5.59. The van der Waals surface area contributed by atoms with Gasteiger partial charge in [0.1, 0.15) is 5.54 Å². The first-order chi connectivity index (χ1) is 9.93. The monoisotopic (exact) mass is 308 g/mol. The van der Waals surface area contributed by atoms with Crippen LogP contribution in [0.4, 0.5) is 5.69 Å². The minimum absolute atomic E-state index is 0.0779. The topological polar surface area (TPSA) is 49.4 Å². The predicted molar refractivity (Wildman–Crippen MR) is 84.6 cm³/mol. The molecule has 0 unspecified atom stereocenters. The fraction of sp³-hybridized carbons (Fsp3) is 0.500. The summed E-state index contributed by atoms with van der Waals surface area (Å²) in [6.45, 7) is 6.15. The molecule has 0 aliphatic carbocycles. The molecule has 1 aliphatic heterocycles. The van der Waals surface area contributed by atoms with Gasteiger partial charge in [-0.15, -0.1) is 0 Å². The zero-order valence-electron chi connectivity index (χ0n) is 12.7. The van der Waals surface area contributed by atoms with Crippen LogP contribution in [0.3, 0.4) is 0 Å². The molecule has 0 radical (unpaired) electrons. The molecular weight excluding hydrogens is 288 g/mol. The van der Waals surface area contributed by atoms with E-state index in [1.807, 2.05) is 32.9 Å². The van der Waals surface area contributed by atoms with Crippen LogP contribution in [0.15, 0.2) is 18.2 Å². The van der Waals surface area contributed by atoms with E-state index >= 15 is 0 Å². The molecule has 0 spiro atoms. The van der Waals surface area contributed by atoms with Gasteiger partial charge in [-0.05, 0) is 37.5 Å². The quantitative estimate of drug-likeness (QED) is 0.933. The standard InChI is InChI=1S/C16H21ClN2O2/c1-4-16(5-2)15(21)19(9-8-14(20)18-16)13-10-11(3)6-7-12(13)17/h6-7,10H,4-5,8-9H2,1-3H3,(H,18,20). The van der Waals surface area contributed by atoms with Crippen molar-refractivity contribution in [2.45, 2.75) is 45.6 Å². The molecule has 0 aromatic heterocycles. The van der Waals surface area contributed by atoms with E-state index < -0.39 is 5.54 Å². The molecule has 4 nitrogen and oxygen atoms in total. The Morgan fingerprint density at radius 2 is 1.95 bits per heavy atom. The number of aryl methyl sites for hydroxylation is 1. The largest absolute Gasteiger partial charge is 0.342 e. The summed E-state index contributed by atoms with van der Waals surface area (Å²) in [7, 11) is 0. The van der Waals surface area contributed by atoms with Gasteiger partial charge >= 0.3 is 0 Å². The lowest BCUT2D eigenvalue weighted by Crippen LogP contribution is -2.56. The number of rotatable bonds is 3. The number of nitrogens with one attached hydrogen (secondary N) is 1. The average Bonchev–Trinajstić information content (AvgIpc) is 2.59. The SMILES string of the molecule is CCC1(CC)NC(=O)CCN(c2cc(C)ccc2Cl)C1=O. The second-order valence-corrected chi connectivity index (χ2v) is 5.91. The highest BCUT2D eigenvalue weighted by atomic mass is 35.5. The minimum atomic E-state index is -0.833. The highest BCUT2D eigenvalue weighted by Crippen LogP contribution is 2.31. The van der Waals surface area contributed by atoms with Gasteiger partial charge in [-0.3, -0.25) is 9.59 Å². The smallest absolute Gasteiger partial charge is 0.252 e. The third kappa shape index (κ3) is 2.91. The number of carbonyl (C=O) groups excluding carboxylic acids is 2. The minimum Gasteiger partial charge on any atom is -0.342 e. The number of nitrogens with zero attached hydrogens (tertiary/aromatic N) is 1. The molecule has 0 atom stereocenters. The van der Waals surface area contributed by atoms with Crippen LogP contribution < -0.4 is 10.2 Å². The van der Waals surface area contributed by atoms with Crippen LogP contribution >= 0.6 is 11.6 Å². The van der Waals surface area contributed by atoms with Crippen LogP contribution in [0.1, 0.15) is 38.7 Å². The molecule has 0 saturated carbocycles. The van der Waals surface area contributed by atoms with Crippen molar-refractivity contribution in [3.63, 3.8) is 0 Å². The van der Waals surface area contributed by atoms with Crippen molar-refractivity contribution in [3.05, 3.63) is 28.8 Å². The summed E-state index contributed by atoms with van der Waals surface area (Å²) in [5.74, 6) is -0.163. The molecule has 1 aromatic carbocycles. The number of anilines is 1. The van der Waals surface area contributed by atoms with Crippen LogP contribution in [0.5, 0.6) is 0 Å². The van der Waals surface area contributed by atoms with Crippen molar-refractivity contribution in [1.82, 2.24) is 5.32 Å². The van der Waals surface area contributed by atoms with Gasteiger partial charge in [0, 0.05) is 13.0 Å². The summed E-state index contributed by atoms with van der Waals surface area (Å²) in [4.78, 5) is 26.6. The average molecular weight is 309 g/mol. The molecule has 0 bridgehead atoms. The molecule has 2 amide bonds. The number of hydrogen-bond donors (Lipinski definition) is 1. The molecule has 1 N–H and O–H groups in total. The Bertz CT molecular complexity index is 567. The van der Waals surface area contributed by atoms with E-state index in [0.29, 0.717) is 30.1 Å². The van der Waals surface area contributed by atoms with Gasteiger partial charge in [-0.1, -0.05) is 31.5 Å². The van der Waals surface area contributed by atoms with Crippen LogP contribution in [0.25, 0.3) is 0 Å². The van der Waals surface area contributed by atoms with E-state index in [-0.39, 0.29) is 18.2 Å². The highest BCUT2D eigenvalue weighted by molar-refractivity contribution is 6.34. The van der Waals surface area contributed by atoms with E-state index in [4.69, 9.17) is 11.6 Å². The normalized spacial score (nSPS) is 18.4. The summed E-state index contributed by atoms with van der Waals surface area (Å²) < 4.78 is 0. The molecule has 1 heterocycles. The van der Waals surface area contributed by atoms with E-state index in [1.165, 1.54) is 0 Å². The summed E-state index contributed by atoms with van der Waals surface area (Å²) in [6.07, 6.45) is 1.42. The second-order valence-electron chi connectivity index (χ2n) is 5.50. The maximum atomic E-state index is 13.0. The van der Waals surface area contributed by atoms with Gasteiger partial charge in [-0.25, -0.2) is 0 Å². The van der Waals surface area contributed by atoms with E-state index in [0.717, 1.165) is 5.56 Å². The first-order valence-electron chi connectivity index (χ1n) is 7.32. The first kappa shape index (κ1) is 15.8. The number of benzene rings is 1. The van der Waals surface area contributed by atoms with Crippen LogP contribution in [0, 0.1) is 6.92 Å². The summed E-state index contributed by atoms with van der Waals surface area (Å²) in [5.41, 5.74) is 0.884. The van der Waals surface area contributed by atoms with Gasteiger partial charge in [0.05, 0.1) is 10.7 Å². The molecule has 2 rings (SSSR count). The zero-order chi connectivity index (χ0) is 15.6. The van der Waals surface area contributed by atoms with Crippen molar-refractivity contribution in [2.24, 2.45) is 0 Å². The van der Waals surface area contributed by atoms with Crippen LogP contribution in [-0.2, 0) is 9.59 Å². The Hall–Kier alpha value is -1.55. The molecular formula is C16H21ClN2O2. The number of halogens is 1. The predicted octanol–water partition coefficient (Wildman–Crippen LogP) is 3.06. The summed E-state index contributed by atoms with van der Waals surface area (Å²) >= 11 is 6.26. The van der Waals surface area contributed by atoms with Gasteiger partial charge in [0.2, 0.25) is 5.91 Å². The van der Waals surface area contributed by atoms with E-state index in [1.54, 1.807) is 11.0 Å². The van der Waals surface area contributed by atoms with Crippen molar-refractivity contribution in [3.8, 4) is 0 Å². The molecule has 5 heteroatoms. The molecule has 1 saturated heterocycles. The van der Waals surface area contributed by atoms with Gasteiger partial charge in [0.25, 0.3) is 5.91 Å². The molecule has 21 heavy (non-hydrogen) atoms. The molecule has 1 fully saturated rings. The molecule has 1 aromatic rings. The first-order valence-corrected chi connectivity index (χ1v) is 7.70. The fourth-order valence-electron chi connectivity index (χ4n) is 2.74. The Morgan fingerprint density at radius 3 is 2.57 bits per heavy atom. The number of carbonyl (C=O) groups is 2. The third-order valence-electron chi connectivity index (χ3n) is 4.20. The Kier molecular flexibility index (Phi) is 4.57. The van der Waals surface area contributed by atoms with Crippen LogP contribution in [0.2, 0.25) is 5.02 Å². The molecule has 1 aliphatic rings. The van der Waals surface area contributed by atoms with Gasteiger partial charge in [-0.2, -0.15) is 0 Å². The van der Waals surface area contributed by atoms with E-state index in [2.05, 4.69) is 5.32 Å². The summed E-state index contributed by atoms with van der Waals surface area (Å²) in [5, 5.41) is 3.43. The van der Waals surface area contributed by atoms with Gasteiger partial charge < -0.3 is 10.2 Å². The van der Waals surface area contributed by atoms with Crippen molar-refractivity contribution in [1.29, 1.82) is 0 Å². The van der Waals surface area contributed by atoms with Crippen molar-refractivity contribution >= 4 is 29.1 Å². The lowest BCUT2D eigenvalue weighted by molar-refractivity contribution is -0.130. The highest BCUT2D eigenvalue weighted by Gasteiger charge is 2.42. The fourth-order valence-corrected chi connectivity index (χ4v) is 2.96. The maximum absolute atomic E-state index is 13.0. The lowest BCUT2D eigenvalue weighted by Gasteiger charge is -2.34. The lowest BCUT2D eigenvalue weighted by atomic mass is 9.91. The van der Waals surface area contributed by atoms with E-state index in [9.17, 15) is 9.59 Å². The molecule has 114 valence electrons. The van der Waals surface area contributed by atoms with Gasteiger partial charge in [0.15, 0.2) is 0 Å². The number of hydrogen-bond acceptors (Lipinski definition) is 2. The Labute approximate surface area is 130 Å². The number of amides is 2.